The lowest BCUT2D eigenvalue weighted by molar-refractivity contribution is 1.09. The van der Waals surface area contributed by atoms with Crippen LogP contribution in [-0.4, -0.2) is 29.5 Å². The minimum Gasteiger partial charge on any atom is -0.309 e. The Morgan fingerprint density at radius 1 is 0.211 bits per heavy atom. The average molecular weight is 1150 g/mol. The average Bonchev–Trinajstić information content (AvgIpc) is 1.56. The normalized spacial score (nSPS) is 12.1. The number of hydrogen-bond acceptors (Lipinski definition) is 0. The number of hydrogen-bond donors (Lipinski definition) is 0. The highest BCUT2D eigenvalue weighted by atomic mass is 15.1. The van der Waals surface area contributed by atoms with Gasteiger partial charge in [-0.1, -0.05) is 238 Å². The van der Waals surface area contributed by atoms with E-state index in [4.69, 9.17) is 0 Å². The lowest BCUT2D eigenvalue weighted by Crippen LogP contribution is -2.55. The molecule has 0 atom stereocenters. The summed E-state index contributed by atoms with van der Waals surface area (Å²) in [6.07, 6.45) is 0. The van der Waals surface area contributed by atoms with E-state index in [0.717, 1.165) is 61.5 Å². The van der Waals surface area contributed by atoms with Crippen molar-refractivity contribution in [1.82, 2.24) is 22.8 Å². The first kappa shape index (κ1) is 52.1. The van der Waals surface area contributed by atoms with Crippen LogP contribution in [0.25, 0.3) is 137 Å². The van der Waals surface area contributed by atoms with Crippen molar-refractivity contribution in [3.05, 3.63) is 300 Å². The van der Waals surface area contributed by atoms with E-state index in [-0.39, 0.29) is 6.71 Å². The van der Waals surface area contributed by atoms with Crippen molar-refractivity contribution in [2.75, 3.05) is 0 Å². The second-order valence-corrected chi connectivity index (χ2v) is 25.2. The SMILES string of the molecule is Cc1cc(C)c(B(c2ccc3c(c2)c2ccccc2n3-c2cc(-n3c4ccccc4c4ccc5c6ccccc6n(-c6ccccc6)c5c43)cc(-n3c4ccccc4c4ccc5c6ccccc6n(-c6ccccc6)c5c43)c2)c2c(C)cc(C)cc2C)c(C)c1. The van der Waals surface area contributed by atoms with E-state index in [9.17, 15) is 0 Å². The van der Waals surface area contributed by atoms with Gasteiger partial charge in [0, 0.05) is 65.2 Å². The van der Waals surface area contributed by atoms with Gasteiger partial charge < -0.3 is 22.8 Å². The molecule has 0 aliphatic heterocycles. The number of fused-ring (bicyclic) bond motifs is 17. The zero-order chi connectivity index (χ0) is 60.2. The fourth-order valence-electron chi connectivity index (χ4n) is 16.4. The molecule has 6 heteroatoms. The summed E-state index contributed by atoms with van der Waals surface area (Å²) in [5, 5.41) is 12.1. The quantitative estimate of drug-likeness (QED) is 0.136. The van der Waals surface area contributed by atoms with Crippen molar-refractivity contribution in [3.63, 3.8) is 0 Å². The zero-order valence-electron chi connectivity index (χ0n) is 51.2. The minimum atomic E-state index is 0.0184. The molecule has 5 heterocycles. The molecule has 0 bridgehead atoms. The molecule has 0 fully saturated rings. The summed E-state index contributed by atoms with van der Waals surface area (Å²) in [6.45, 7) is 13.7. The fraction of sp³-hybridized carbons (Fsp3) is 0.0714. The molecule has 13 aromatic carbocycles. The molecule has 5 nitrogen and oxygen atoms in total. The smallest absolute Gasteiger partial charge is 0.242 e. The number of rotatable bonds is 8. The molecule has 0 aliphatic rings. The Morgan fingerprint density at radius 3 is 0.844 bits per heavy atom. The Hall–Kier alpha value is -11.1. The van der Waals surface area contributed by atoms with E-state index in [1.54, 1.807) is 0 Å². The van der Waals surface area contributed by atoms with Crippen LogP contribution in [0, 0.1) is 41.5 Å². The maximum absolute atomic E-state index is 2.58. The van der Waals surface area contributed by atoms with Crippen LogP contribution in [0.3, 0.4) is 0 Å². The van der Waals surface area contributed by atoms with Crippen LogP contribution in [0.1, 0.15) is 33.4 Å². The Morgan fingerprint density at radius 2 is 0.489 bits per heavy atom. The third-order valence-electron chi connectivity index (χ3n) is 19.7. The van der Waals surface area contributed by atoms with Crippen LogP contribution in [0.15, 0.2) is 267 Å². The Labute approximate surface area is 522 Å². The standard InChI is InChI=1S/C84H62BN5/c1-51-43-53(3)79(54(4)44-51)85(80-55(5)45-52(2)46-56(80)6)57-37-42-78-72(47-57)67-31-17-18-32-73(67)86(78)60-48-61(89-76-35-21-15-29-65(76)70-40-38-68-63-27-13-19-33-74(63)87(81(68)83(70)89)58-23-9-7-10-24-58)50-62(49-60)90-77-36-22-16-30-66(77)71-41-39-69-64-28-14-20-34-75(64)88(82(69)84(71)90)59-25-11-8-12-26-59/h7-50H,1-6H3. The molecular weight excluding hydrogens is 1090 g/mol. The number of aryl methyl sites for hydroxylation is 6. The lowest BCUT2D eigenvalue weighted by atomic mass is 9.34. The summed E-state index contributed by atoms with van der Waals surface area (Å²) >= 11 is 0. The highest BCUT2D eigenvalue weighted by Gasteiger charge is 2.31. The first-order valence-corrected chi connectivity index (χ1v) is 31.5. The van der Waals surface area contributed by atoms with Gasteiger partial charge in [-0.2, -0.15) is 0 Å². The minimum absolute atomic E-state index is 0.0184. The molecule has 18 aromatic rings. The lowest BCUT2D eigenvalue weighted by Gasteiger charge is -2.25. The van der Waals surface area contributed by atoms with Crippen molar-refractivity contribution < 1.29 is 0 Å². The van der Waals surface area contributed by atoms with Crippen LogP contribution < -0.4 is 16.4 Å². The van der Waals surface area contributed by atoms with Gasteiger partial charge in [-0.05, 0) is 120 Å². The Balaban J connectivity index is 0.997. The molecule has 426 valence electrons. The second kappa shape index (κ2) is 19.7. The predicted octanol–water partition coefficient (Wildman–Crippen LogP) is 19.5. The van der Waals surface area contributed by atoms with Crippen LogP contribution in [-0.2, 0) is 0 Å². The van der Waals surface area contributed by atoms with Crippen molar-refractivity contribution in [3.8, 4) is 28.4 Å². The summed E-state index contributed by atoms with van der Waals surface area (Å²) < 4.78 is 12.7. The fourth-order valence-corrected chi connectivity index (χ4v) is 16.4. The van der Waals surface area contributed by atoms with E-state index in [0.29, 0.717) is 0 Å². The van der Waals surface area contributed by atoms with E-state index in [1.807, 2.05) is 0 Å². The summed E-state index contributed by atoms with van der Waals surface area (Å²) in [6, 6.07) is 101. The summed E-state index contributed by atoms with van der Waals surface area (Å²) in [5.41, 5.74) is 28.9. The maximum atomic E-state index is 2.58. The van der Waals surface area contributed by atoms with Crippen LogP contribution in [0.2, 0.25) is 0 Å². The molecular formula is C84H62BN5. The van der Waals surface area contributed by atoms with Gasteiger partial charge in [0.1, 0.15) is 0 Å². The summed E-state index contributed by atoms with van der Waals surface area (Å²) in [4.78, 5) is 0. The molecule has 0 spiro atoms. The van der Waals surface area contributed by atoms with Gasteiger partial charge in [0.25, 0.3) is 0 Å². The number of para-hydroxylation sites is 7. The second-order valence-electron chi connectivity index (χ2n) is 25.2. The van der Waals surface area contributed by atoms with Gasteiger partial charge in [-0.15, -0.1) is 0 Å². The molecule has 0 N–H and O–H groups in total. The maximum Gasteiger partial charge on any atom is 0.242 e. The van der Waals surface area contributed by atoms with Crippen LogP contribution in [0.5, 0.6) is 0 Å². The number of nitrogens with zero attached hydrogens (tertiary/aromatic N) is 5. The largest absolute Gasteiger partial charge is 0.309 e. The molecule has 0 radical (unpaired) electrons. The van der Waals surface area contributed by atoms with Gasteiger partial charge >= 0.3 is 0 Å². The zero-order valence-corrected chi connectivity index (χ0v) is 51.2. The van der Waals surface area contributed by atoms with Gasteiger partial charge in [-0.25, -0.2) is 0 Å². The molecule has 0 saturated heterocycles. The summed E-state index contributed by atoms with van der Waals surface area (Å²) in [5.74, 6) is 0. The highest BCUT2D eigenvalue weighted by molar-refractivity contribution is 6.96. The van der Waals surface area contributed by atoms with Crippen LogP contribution >= 0.6 is 0 Å². The van der Waals surface area contributed by atoms with Crippen molar-refractivity contribution in [2.45, 2.75) is 41.5 Å². The van der Waals surface area contributed by atoms with Gasteiger partial charge in [0.2, 0.25) is 6.71 Å². The Kier molecular flexibility index (Phi) is 11.4. The first-order valence-electron chi connectivity index (χ1n) is 31.5. The molecule has 5 aromatic heterocycles. The van der Waals surface area contributed by atoms with Crippen molar-refractivity contribution in [2.24, 2.45) is 0 Å². The predicted molar refractivity (Wildman–Crippen MR) is 384 cm³/mol. The molecule has 18 rings (SSSR count). The third kappa shape index (κ3) is 7.51. The van der Waals surface area contributed by atoms with E-state index in [2.05, 4.69) is 331 Å². The molecule has 0 unspecified atom stereocenters. The van der Waals surface area contributed by atoms with Crippen molar-refractivity contribution >= 4 is 132 Å². The van der Waals surface area contributed by atoms with Gasteiger partial charge in [0.05, 0.1) is 72.2 Å². The Bertz CT molecular complexity index is 5690. The number of aromatic nitrogens is 5. The third-order valence-corrected chi connectivity index (χ3v) is 19.7. The van der Waals surface area contributed by atoms with E-state index in [1.165, 1.54) is 126 Å². The first-order chi connectivity index (χ1) is 44.2. The van der Waals surface area contributed by atoms with E-state index >= 15 is 0 Å². The van der Waals surface area contributed by atoms with Gasteiger partial charge in [-0.3, -0.25) is 0 Å². The highest BCUT2D eigenvalue weighted by Crippen LogP contribution is 2.46. The molecule has 0 amide bonds. The van der Waals surface area contributed by atoms with Crippen molar-refractivity contribution in [1.29, 1.82) is 0 Å². The number of benzene rings is 13. The van der Waals surface area contributed by atoms with E-state index < -0.39 is 0 Å². The molecule has 90 heavy (non-hydrogen) atoms. The molecule has 0 aliphatic carbocycles. The van der Waals surface area contributed by atoms with Gasteiger partial charge in [0.15, 0.2) is 0 Å². The topological polar surface area (TPSA) is 24.6 Å². The molecule has 0 saturated carbocycles. The van der Waals surface area contributed by atoms with Crippen LogP contribution in [0.4, 0.5) is 0 Å². The monoisotopic (exact) mass is 1150 g/mol. The summed E-state index contributed by atoms with van der Waals surface area (Å²) in [7, 11) is 0.